The first kappa shape index (κ1) is 13.9. The van der Waals surface area contributed by atoms with Gasteiger partial charge in [-0.05, 0) is 5.56 Å². The van der Waals surface area contributed by atoms with Crippen LogP contribution < -0.4 is 0 Å². The average molecular weight is 320 g/mol. The number of carboxylic acids is 1. The molecule has 5 nitrogen and oxygen atoms in total. The van der Waals surface area contributed by atoms with Gasteiger partial charge in [0.2, 0.25) is 5.82 Å². The predicted octanol–water partition coefficient (Wildman–Crippen LogP) is 3.37. The van der Waals surface area contributed by atoms with E-state index in [1.54, 1.807) is 6.20 Å². The van der Waals surface area contributed by atoms with Gasteiger partial charge in [0.25, 0.3) is 0 Å². The number of carbonyl (C=O) groups is 1. The van der Waals surface area contributed by atoms with E-state index < -0.39 is 5.97 Å². The molecular weight excluding hydrogens is 310 g/mol. The first-order valence-electron chi connectivity index (χ1n) is 6.09. The molecule has 0 bridgehead atoms. The zero-order valence-corrected chi connectivity index (χ0v) is 12.3. The van der Waals surface area contributed by atoms with E-state index in [9.17, 15) is 4.79 Å². The minimum absolute atomic E-state index is 0.0733. The van der Waals surface area contributed by atoms with Crippen LogP contribution in [-0.2, 0) is 5.75 Å². The first-order valence-corrected chi connectivity index (χ1v) is 7.45. The molecule has 0 spiro atoms. The van der Waals surface area contributed by atoms with Gasteiger partial charge in [0.1, 0.15) is 10.5 Å². The normalized spacial score (nSPS) is 10.9. The second-order valence-corrected chi connectivity index (χ2v) is 5.64. The van der Waals surface area contributed by atoms with Crippen LogP contribution in [0.25, 0.3) is 5.52 Å². The number of aromatic carboxylic acids is 1. The highest BCUT2D eigenvalue weighted by molar-refractivity contribution is 7.98. The molecule has 1 N–H and O–H groups in total. The van der Waals surface area contributed by atoms with Crippen molar-refractivity contribution in [2.24, 2.45) is 0 Å². The molecule has 0 saturated heterocycles. The molecule has 3 aromatic rings. The quantitative estimate of drug-likeness (QED) is 0.747. The van der Waals surface area contributed by atoms with Crippen LogP contribution in [0, 0.1) is 0 Å². The standard InChI is InChI=1S/C14H10ClN3O2S/c15-12-10-6-16-13(14(19)20)18(10)7-11(17-12)21-8-9-4-2-1-3-5-9/h1-7H,8H2,(H,19,20). The van der Waals surface area contributed by atoms with E-state index in [1.807, 2.05) is 30.3 Å². The van der Waals surface area contributed by atoms with Crippen LogP contribution in [-0.4, -0.2) is 25.4 Å². The van der Waals surface area contributed by atoms with E-state index in [0.717, 1.165) is 11.3 Å². The van der Waals surface area contributed by atoms with E-state index >= 15 is 0 Å². The van der Waals surface area contributed by atoms with Crippen LogP contribution in [0.3, 0.4) is 0 Å². The highest BCUT2D eigenvalue weighted by Crippen LogP contribution is 2.25. The summed E-state index contributed by atoms with van der Waals surface area (Å²) < 4.78 is 1.45. The van der Waals surface area contributed by atoms with E-state index in [0.29, 0.717) is 10.5 Å². The van der Waals surface area contributed by atoms with Gasteiger partial charge in [-0.1, -0.05) is 41.9 Å². The van der Waals surface area contributed by atoms with E-state index in [-0.39, 0.29) is 11.0 Å². The number of thioether (sulfide) groups is 1. The lowest BCUT2D eigenvalue weighted by Gasteiger charge is -2.04. The average Bonchev–Trinajstić information content (AvgIpc) is 2.91. The third kappa shape index (κ3) is 2.86. The SMILES string of the molecule is O=C(O)c1ncc2c(Cl)nc(SCc3ccccc3)cn12. The fourth-order valence-electron chi connectivity index (χ4n) is 1.90. The van der Waals surface area contributed by atoms with Crippen LogP contribution in [0.2, 0.25) is 5.15 Å². The Balaban J connectivity index is 1.92. The minimum atomic E-state index is -1.10. The van der Waals surface area contributed by atoms with Crippen LogP contribution in [0.15, 0.2) is 47.8 Å². The second-order valence-electron chi connectivity index (χ2n) is 4.29. The highest BCUT2D eigenvalue weighted by atomic mass is 35.5. The molecule has 21 heavy (non-hydrogen) atoms. The van der Waals surface area contributed by atoms with Crippen molar-refractivity contribution in [2.75, 3.05) is 0 Å². The van der Waals surface area contributed by atoms with Crippen molar-refractivity contribution in [2.45, 2.75) is 10.8 Å². The molecule has 0 unspecified atom stereocenters. The Morgan fingerprint density at radius 3 is 2.81 bits per heavy atom. The summed E-state index contributed by atoms with van der Waals surface area (Å²) in [5, 5.41) is 10.0. The molecule has 0 saturated carbocycles. The number of carboxylic acid groups (broad SMARTS) is 1. The fourth-order valence-corrected chi connectivity index (χ4v) is 3.02. The lowest BCUT2D eigenvalue weighted by atomic mass is 10.2. The van der Waals surface area contributed by atoms with Gasteiger partial charge in [0, 0.05) is 11.9 Å². The number of hydrogen-bond donors (Lipinski definition) is 1. The molecule has 2 heterocycles. The number of aromatic nitrogens is 3. The minimum Gasteiger partial charge on any atom is -0.475 e. The molecule has 0 aliphatic heterocycles. The van der Waals surface area contributed by atoms with Crippen molar-refractivity contribution in [3.63, 3.8) is 0 Å². The molecule has 0 aliphatic carbocycles. The monoisotopic (exact) mass is 319 g/mol. The van der Waals surface area contributed by atoms with Gasteiger partial charge in [-0.15, -0.1) is 11.8 Å². The van der Waals surface area contributed by atoms with Gasteiger partial charge in [-0.25, -0.2) is 14.8 Å². The van der Waals surface area contributed by atoms with Gasteiger partial charge in [0.05, 0.1) is 6.20 Å². The van der Waals surface area contributed by atoms with E-state index in [2.05, 4.69) is 9.97 Å². The summed E-state index contributed by atoms with van der Waals surface area (Å²) in [6, 6.07) is 9.94. The Kier molecular flexibility index (Phi) is 3.81. The molecule has 0 fully saturated rings. The maximum atomic E-state index is 11.1. The zero-order valence-electron chi connectivity index (χ0n) is 10.7. The number of halogens is 1. The zero-order chi connectivity index (χ0) is 14.8. The molecule has 1 aromatic carbocycles. The highest BCUT2D eigenvalue weighted by Gasteiger charge is 2.15. The number of benzene rings is 1. The fraction of sp³-hybridized carbons (Fsp3) is 0.0714. The molecule has 0 radical (unpaired) electrons. The summed E-state index contributed by atoms with van der Waals surface area (Å²) in [5.41, 5.74) is 1.64. The third-order valence-electron chi connectivity index (χ3n) is 2.88. The van der Waals surface area contributed by atoms with Crippen LogP contribution >= 0.6 is 23.4 Å². The number of fused-ring (bicyclic) bond motifs is 1. The van der Waals surface area contributed by atoms with Gasteiger partial charge >= 0.3 is 5.97 Å². The maximum Gasteiger partial charge on any atom is 0.372 e. The van der Waals surface area contributed by atoms with Gasteiger partial charge in [-0.3, -0.25) is 4.40 Å². The Hall–Kier alpha value is -2.05. The topological polar surface area (TPSA) is 67.5 Å². The number of imidazole rings is 1. The Morgan fingerprint density at radius 1 is 1.33 bits per heavy atom. The number of rotatable bonds is 4. The molecule has 3 rings (SSSR count). The molecule has 0 amide bonds. The summed E-state index contributed by atoms with van der Waals surface area (Å²) in [7, 11) is 0. The van der Waals surface area contributed by atoms with E-state index in [1.165, 1.54) is 22.4 Å². The Bertz CT molecular complexity index is 805. The first-order chi connectivity index (χ1) is 10.1. The molecule has 7 heteroatoms. The maximum absolute atomic E-state index is 11.1. The van der Waals surface area contributed by atoms with Crippen LogP contribution in [0.5, 0.6) is 0 Å². The lowest BCUT2D eigenvalue weighted by Crippen LogP contribution is -2.04. The van der Waals surface area contributed by atoms with Crippen LogP contribution in [0.4, 0.5) is 0 Å². The number of nitrogens with zero attached hydrogens (tertiary/aromatic N) is 3. The summed E-state index contributed by atoms with van der Waals surface area (Å²) >= 11 is 7.57. The van der Waals surface area contributed by atoms with Crippen LogP contribution in [0.1, 0.15) is 16.2 Å². The van der Waals surface area contributed by atoms with Crippen molar-refractivity contribution in [1.82, 2.24) is 14.4 Å². The summed E-state index contributed by atoms with van der Waals surface area (Å²) in [4.78, 5) is 19.2. The molecule has 0 atom stereocenters. The summed E-state index contributed by atoms with van der Waals surface area (Å²) in [5.74, 6) is -0.445. The predicted molar refractivity (Wildman–Crippen MR) is 81.0 cm³/mol. The lowest BCUT2D eigenvalue weighted by molar-refractivity contribution is 0.0682. The Morgan fingerprint density at radius 2 is 2.10 bits per heavy atom. The van der Waals surface area contributed by atoms with Crippen molar-refractivity contribution >= 4 is 34.8 Å². The third-order valence-corrected chi connectivity index (χ3v) is 4.13. The summed E-state index contributed by atoms with van der Waals surface area (Å²) in [6.07, 6.45) is 3.05. The largest absolute Gasteiger partial charge is 0.475 e. The van der Waals surface area contributed by atoms with E-state index in [4.69, 9.17) is 16.7 Å². The molecule has 106 valence electrons. The molecule has 0 aliphatic rings. The number of hydrogen-bond acceptors (Lipinski definition) is 4. The van der Waals surface area contributed by atoms with Gasteiger partial charge < -0.3 is 5.11 Å². The molecular formula is C14H10ClN3O2S. The van der Waals surface area contributed by atoms with Crippen molar-refractivity contribution in [3.05, 3.63) is 59.3 Å². The van der Waals surface area contributed by atoms with Gasteiger partial charge in [-0.2, -0.15) is 0 Å². The van der Waals surface area contributed by atoms with Gasteiger partial charge in [0.15, 0.2) is 5.15 Å². The Labute approximate surface area is 129 Å². The summed E-state index contributed by atoms with van der Waals surface area (Å²) in [6.45, 7) is 0. The van der Waals surface area contributed by atoms with Crippen molar-refractivity contribution < 1.29 is 9.90 Å². The van der Waals surface area contributed by atoms with Crippen molar-refractivity contribution in [1.29, 1.82) is 0 Å². The van der Waals surface area contributed by atoms with Crippen molar-refractivity contribution in [3.8, 4) is 0 Å². The molecule has 2 aromatic heterocycles. The second kappa shape index (κ2) is 5.75. The smallest absolute Gasteiger partial charge is 0.372 e.